The molecule has 2 rings (SSSR count). The molecule has 0 aliphatic rings. The van der Waals surface area contributed by atoms with Gasteiger partial charge in [0.2, 0.25) is 0 Å². The highest BCUT2D eigenvalue weighted by molar-refractivity contribution is 9.10. The number of carbonyl (C=O) groups is 1. The van der Waals surface area contributed by atoms with Crippen LogP contribution in [0.4, 0.5) is 11.5 Å². The molecule has 98 valence electrons. The number of carbonyl (C=O) groups excluding carboxylic acids is 1. The monoisotopic (exact) mass is 383 g/mol. The Hall–Kier alpha value is -1.40. The average molecular weight is 385 g/mol. The van der Waals surface area contributed by atoms with E-state index in [1.165, 1.54) is 0 Å². The number of amides is 1. The number of halogens is 2. The maximum absolute atomic E-state index is 12.1. The lowest BCUT2D eigenvalue weighted by molar-refractivity contribution is 0.102. The zero-order valence-electron chi connectivity index (χ0n) is 10.1. The van der Waals surface area contributed by atoms with Crippen molar-refractivity contribution in [3.63, 3.8) is 0 Å². The van der Waals surface area contributed by atoms with Crippen LogP contribution in [0.5, 0.6) is 0 Å². The Morgan fingerprint density at radius 2 is 2.05 bits per heavy atom. The summed E-state index contributed by atoms with van der Waals surface area (Å²) < 4.78 is 1.64. The summed E-state index contributed by atoms with van der Waals surface area (Å²) in [6, 6.07) is 6.95. The lowest BCUT2D eigenvalue weighted by atomic mass is 10.2. The number of anilines is 2. The molecule has 1 heterocycles. The number of nitrogens with one attached hydrogen (secondary N) is 1. The number of nitrogens with zero attached hydrogens (tertiary/aromatic N) is 1. The van der Waals surface area contributed by atoms with E-state index in [2.05, 4.69) is 42.2 Å². The van der Waals surface area contributed by atoms with Gasteiger partial charge in [0, 0.05) is 26.4 Å². The van der Waals surface area contributed by atoms with Crippen LogP contribution in [0.1, 0.15) is 15.9 Å². The van der Waals surface area contributed by atoms with Crippen molar-refractivity contribution in [3.8, 4) is 0 Å². The molecule has 0 spiro atoms. The summed E-state index contributed by atoms with van der Waals surface area (Å²) in [7, 11) is 0. The van der Waals surface area contributed by atoms with Crippen LogP contribution in [0, 0.1) is 6.92 Å². The van der Waals surface area contributed by atoms with E-state index in [0.717, 1.165) is 14.5 Å². The van der Waals surface area contributed by atoms with E-state index in [0.29, 0.717) is 17.1 Å². The van der Waals surface area contributed by atoms with Crippen LogP contribution in [-0.4, -0.2) is 10.9 Å². The highest BCUT2D eigenvalue weighted by Gasteiger charge is 2.10. The Kier molecular flexibility index (Phi) is 4.21. The fourth-order valence-corrected chi connectivity index (χ4v) is 2.23. The van der Waals surface area contributed by atoms with Crippen molar-refractivity contribution < 1.29 is 4.79 Å². The van der Waals surface area contributed by atoms with Crippen molar-refractivity contribution in [3.05, 3.63) is 50.5 Å². The van der Waals surface area contributed by atoms with Crippen LogP contribution in [0.15, 0.2) is 39.4 Å². The fraction of sp³-hybridized carbons (Fsp3) is 0.0769. The van der Waals surface area contributed by atoms with E-state index in [-0.39, 0.29) is 5.91 Å². The molecule has 0 saturated carbocycles. The summed E-state index contributed by atoms with van der Waals surface area (Å²) in [6.07, 6.45) is 1.64. The zero-order valence-corrected chi connectivity index (χ0v) is 13.2. The molecule has 6 heteroatoms. The van der Waals surface area contributed by atoms with E-state index in [1.54, 1.807) is 24.4 Å². The number of nitrogens with two attached hydrogens (primary N) is 1. The molecular formula is C13H11Br2N3O. The highest BCUT2D eigenvalue weighted by Crippen LogP contribution is 2.22. The predicted octanol–water partition coefficient (Wildman–Crippen LogP) is 3.75. The van der Waals surface area contributed by atoms with Crippen LogP contribution >= 0.6 is 31.9 Å². The van der Waals surface area contributed by atoms with Gasteiger partial charge in [-0.1, -0.05) is 0 Å². The van der Waals surface area contributed by atoms with Crippen LogP contribution < -0.4 is 11.1 Å². The van der Waals surface area contributed by atoms with Gasteiger partial charge in [-0.25, -0.2) is 4.98 Å². The van der Waals surface area contributed by atoms with Crippen molar-refractivity contribution in [2.75, 3.05) is 11.1 Å². The first-order valence-electron chi connectivity index (χ1n) is 5.46. The number of pyridine rings is 1. The highest BCUT2D eigenvalue weighted by atomic mass is 79.9. The fourth-order valence-electron chi connectivity index (χ4n) is 1.54. The molecule has 0 unspecified atom stereocenters. The van der Waals surface area contributed by atoms with Crippen LogP contribution in [0.3, 0.4) is 0 Å². The molecule has 0 atom stereocenters. The average Bonchev–Trinajstić information content (AvgIpc) is 2.36. The minimum absolute atomic E-state index is 0.239. The summed E-state index contributed by atoms with van der Waals surface area (Å²) in [5.41, 5.74) is 7.65. The third-order valence-electron chi connectivity index (χ3n) is 2.54. The first-order valence-corrected chi connectivity index (χ1v) is 7.04. The van der Waals surface area contributed by atoms with E-state index < -0.39 is 0 Å². The number of hydrogen-bond acceptors (Lipinski definition) is 3. The zero-order chi connectivity index (χ0) is 14.0. The van der Waals surface area contributed by atoms with Gasteiger partial charge in [0.1, 0.15) is 5.82 Å². The Morgan fingerprint density at radius 1 is 1.32 bits per heavy atom. The Bertz CT molecular complexity index is 644. The molecule has 0 aliphatic carbocycles. The van der Waals surface area contributed by atoms with Gasteiger partial charge in [-0.3, -0.25) is 4.79 Å². The smallest absolute Gasteiger partial charge is 0.256 e. The molecule has 4 nitrogen and oxygen atoms in total. The van der Waals surface area contributed by atoms with Crippen molar-refractivity contribution in [1.82, 2.24) is 4.98 Å². The number of nitrogen functional groups attached to an aromatic ring is 1. The molecule has 19 heavy (non-hydrogen) atoms. The molecule has 1 aromatic heterocycles. The molecule has 0 bridgehead atoms. The third-order valence-corrected chi connectivity index (χ3v) is 3.69. The second kappa shape index (κ2) is 5.71. The SMILES string of the molecule is Cc1cc(Br)cnc1NC(=O)c1ccc(Br)c(N)c1. The molecule has 3 N–H and O–H groups in total. The third kappa shape index (κ3) is 3.33. The quantitative estimate of drug-likeness (QED) is 0.774. The lowest BCUT2D eigenvalue weighted by Crippen LogP contribution is -2.14. The second-order valence-electron chi connectivity index (χ2n) is 4.01. The van der Waals surface area contributed by atoms with Crippen molar-refractivity contribution in [1.29, 1.82) is 0 Å². The standard InChI is InChI=1S/C13H11Br2N3O/c1-7-4-9(14)6-17-12(7)18-13(19)8-2-3-10(15)11(16)5-8/h2-6H,16H2,1H3,(H,17,18,19). The summed E-state index contributed by atoms with van der Waals surface area (Å²) in [5.74, 6) is 0.298. The lowest BCUT2D eigenvalue weighted by Gasteiger charge is -2.08. The second-order valence-corrected chi connectivity index (χ2v) is 5.78. The van der Waals surface area contributed by atoms with Crippen molar-refractivity contribution in [2.24, 2.45) is 0 Å². The molecular weight excluding hydrogens is 374 g/mol. The number of aromatic nitrogens is 1. The van der Waals surface area contributed by atoms with E-state index in [9.17, 15) is 4.79 Å². The van der Waals surface area contributed by atoms with Gasteiger partial charge < -0.3 is 11.1 Å². The number of benzene rings is 1. The molecule has 0 aliphatic heterocycles. The van der Waals surface area contributed by atoms with Gasteiger partial charge in [-0.15, -0.1) is 0 Å². The van der Waals surface area contributed by atoms with Gasteiger partial charge in [-0.05, 0) is 68.6 Å². The Labute approximate surface area is 127 Å². The largest absolute Gasteiger partial charge is 0.398 e. The topological polar surface area (TPSA) is 68.0 Å². The van der Waals surface area contributed by atoms with Gasteiger partial charge >= 0.3 is 0 Å². The van der Waals surface area contributed by atoms with Gasteiger partial charge in [0.25, 0.3) is 5.91 Å². The molecule has 0 radical (unpaired) electrons. The van der Waals surface area contributed by atoms with E-state index >= 15 is 0 Å². The Morgan fingerprint density at radius 3 is 2.68 bits per heavy atom. The van der Waals surface area contributed by atoms with E-state index in [1.807, 2.05) is 13.0 Å². The number of rotatable bonds is 2. The predicted molar refractivity (Wildman–Crippen MR) is 83.2 cm³/mol. The normalized spacial score (nSPS) is 10.3. The van der Waals surface area contributed by atoms with Crippen molar-refractivity contribution in [2.45, 2.75) is 6.92 Å². The molecule has 0 saturated heterocycles. The molecule has 1 amide bonds. The summed E-state index contributed by atoms with van der Waals surface area (Å²) in [5, 5.41) is 2.76. The maximum Gasteiger partial charge on any atom is 0.256 e. The first-order chi connectivity index (χ1) is 8.97. The summed E-state index contributed by atoms with van der Waals surface area (Å²) in [4.78, 5) is 16.2. The minimum atomic E-state index is -0.239. The Balaban J connectivity index is 2.23. The van der Waals surface area contributed by atoms with Crippen LogP contribution in [0.25, 0.3) is 0 Å². The summed E-state index contributed by atoms with van der Waals surface area (Å²) in [6.45, 7) is 1.88. The number of aryl methyl sites for hydroxylation is 1. The van der Waals surface area contributed by atoms with Crippen LogP contribution in [-0.2, 0) is 0 Å². The van der Waals surface area contributed by atoms with Gasteiger partial charge in [0.15, 0.2) is 0 Å². The summed E-state index contributed by atoms with van der Waals surface area (Å²) >= 11 is 6.62. The minimum Gasteiger partial charge on any atom is -0.398 e. The van der Waals surface area contributed by atoms with E-state index in [4.69, 9.17) is 5.73 Å². The van der Waals surface area contributed by atoms with Crippen LogP contribution in [0.2, 0.25) is 0 Å². The van der Waals surface area contributed by atoms with Gasteiger partial charge in [0.05, 0.1) is 0 Å². The van der Waals surface area contributed by atoms with Crippen molar-refractivity contribution >= 4 is 49.3 Å². The molecule has 0 fully saturated rings. The first kappa shape index (κ1) is 14.0. The maximum atomic E-state index is 12.1. The molecule has 1 aromatic carbocycles. The number of hydrogen-bond donors (Lipinski definition) is 2. The molecule has 2 aromatic rings. The van der Waals surface area contributed by atoms with Gasteiger partial charge in [-0.2, -0.15) is 0 Å².